The predicted octanol–water partition coefficient (Wildman–Crippen LogP) is 5.17. The van der Waals surface area contributed by atoms with Gasteiger partial charge >= 0.3 is 0 Å². The van der Waals surface area contributed by atoms with Crippen LogP contribution in [0, 0.1) is 17.8 Å². The molecular weight excluding hydrogens is 268 g/mol. The smallest absolute Gasteiger partial charge is 0.119 e. The lowest BCUT2D eigenvalue weighted by atomic mass is 9.93. The van der Waals surface area contributed by atoms with Gasteiger partial charge in [-0.15, -0.1) is 11.6 Å². The third kappa shape index (κ3) is 2.09. The standard InChI is InChI=1S/C18H19ClO/c1-20-17-5-4-11-6-13(3-2-12(11)10-17)18(19)16-8-14-7-15(14)9-16/h2-6,10,14-16,18H,7-9H2,1H3. The van der Waals surface area contributed by atoms with Crippen LogP contribution in [0.15, 0.2) is 36.4 Å². The molecule has 2 aromatic carbocycles. The van der Waals surface area contributed by atoms with E-state index in [1.807, 2.05) is 6.07 Å². The molecule has 20 heavy (non-hydrogen) atoms. The van der Waals surface area contributed by atoms with Crippen LogP contribution in [0.1, 0.15) is 30.2 Å². The number of rotatable bonds is 3. The zero-order valence-electron chi connectivity index (χ0n) is 11.7. The highest BCUT2D eigenvalue weighted by Crippen LogP contribution is 2.58. The summed E-state index contributed by atoms with van der Waals surface area (Å²) in [5.74, 6) is 3.57. The molecule has 2 aromatic rings. The second kappa shape index (κ2) is 4.66. The zero-order chi connectivity index (χ0) is 13.7. The molecule has 0 aliphatic heterocycles. The van der Waals surface area contributed by atoms with E-state index in [1.165, 1.54) is 35.6 Å². The third-order valence-electron chi connectivity index (χ3n) is 5.08. The highest BCUT2D eigenvalue weighted by molar-refractivity contribution is 6.21. The van der Waals surface area contributed by atoms with Crippen molar-refractivity contribution in [2.45, 2.75) is 24.6 Å². The van der Waals surface area contributed by atoms with Gasteiger partial charge in [-0.2, -0.15) is 0 Å². The van der Waals surface area contributed by atoms with Gasteiger partial charge in [0.05, 0.1) is 12.5 Å². The molecular formula is C18H19ClO. The molecule has 1 nitrogen and oxygen atoms in total. The van der Waals surface area contributed by atoms with Crippen molar-refractivity contribution in [3.63, 3.8) is 0 Å². The Kier molecular flexibility index (Phi) is 2.92. The predicted molar refractivity (Wildman–Crippen MR) is 83.4 cm³/mol. The summed E-state index contributed by atoms with van der Waals surface area (Å²) in [5, 5.41) is 2.64. The number of hydrogen-bond acceptors (Lipinski definition) is 1. The molecule has 3 unspecified atom stereocenters. The maximum absolute atomic E-state index is 6.73. The van der Waals surface area contributed by atoms with Crippen LogP contribution in [-0.4, -0.2) is 7.11 Å². The minimum absolute atomic E-state index is 0.175. The Hall–Kier alpha value is -1.21. The monoisotopic (exact) mass is 286 g/mol. The van der Waals surface area contributed by atoms with Gasteiger partial charge in [0.25, 0.3) is 0 Å². The number of hydrogen-bond donors (Lipinski definition) is 0. The largest absolute Gasteiger partial charge is 0.497 e. The van der Waals surface area contributed by atoms with E-state index in [4.69, 9.17) is 16.3 Å². The highest BCUT2D eigenvalue weighted by atomic mass is 35.5. The molecule has 0 radical (unpaired) electrons. The fraction of sp³-hybridized carbons (Fsp3) is 0.444. The Morgan fingerprint density at radius 1 is 1.00 bits per heavy atom. The van der Waals surface area contributed by atoms with Gasteiger partial charge in [0.15, 0.2) is 0 Å². The second-order valence-corrected chi connectivity index (χ2v) is 6.83. The van der Waals surface area contributed by atoms with Crippen LogP contribution >= 0.6 is 11.6 Å². The van der Waals surface area contributed by atoms with Gasteiger partial charge < -0.3 is 4.74 Å². The zero-order valence-corrected chi connectivity index (χ0v) is 12.4. The van der Waals surface area contributed by atoms with Crippen LogP contribution in [-0.2, 0) is 0 Å². The summed E-state index contributed by atoms with van der Waals surface area (Å²) in [5.41, 5.74) is 1.27. The lowest BCUT2D eigenvalue weighted by molar-refractivity contribution is 0.415. The summed E-state index contributed by atoms with van der Waals surface area (Å²) in [6.07, 6.45) is 4.12. The van der Waals surface area contributed by atoms with Gasteiger partial charge in [-0.1, -0.05) is 18.2 Å². The van der Waals surface area contributed by atoms with Crippen molar-refractivity contribution in [3.8, 4) is 5.75 Å². The first-order valence-corrected chi connectivity index (χ1v) is 7.90. The van der Waals surface area contributed by atoms with E-state index in [0.717, 1.165) is 17.6 Å². The second-order valence-electron chi connectivity index (χ2n) is 6.36. The molecule has 2 aliphatic rings. The maximum atomic E-state index is 6.73. The van der Waals surface area contributed by atoms with Crippen molar-refractivity contribution in [1.82, 2.24) is 0 Å². The lowest BCUT2D eigenvalue weighted by Gasteiger charge is -2.19. The maximum Gasteiger partial charge on any atom is 0.119 e. The molecule has 3 atom stereocenters. The van der Waals surface area contributed by atoms with E-state index in [0.29, 0.717) is 5.92 Å². The number of benzene rings is 2. The fourth-order valence-electron chi connectivity index (χ4n) is 3.81. The van der Waals surface area contributed by atoms with Crippen LogP contribution in [0.4, 0.5) is 0 Å². The van der Waals surface area contributed by atoms with Gasteiger partial charge in [0, 0.05) is 0 Å². The summed E-state index contributed by atoms with van der Waals surface area (Å²) < 4.78 is 5.27. The van der Waals surface area contributed by atoms with Crippen molar-refractivity contribution >= 4 is 22.4 Å². The van der Waals surface area contributed by atoms with Gasteiger partial charge in [0.1, 0.15) is 5.75 Å². The summed E-state index contributed by atoms with van der Waals surface area (Å²) in [4.78, 5) is 0. The SMILES string of the molecule is COc1ccc2cc(C(Cl)C3CC4CC4C3)ccc2c1. The number of methoxy groups -OCH3 is 1. The summed E-state index contributed by atoms with van der Waals surface area (Å²) in [7, 11) is 1.70. The fourth-order valence-corrected chi connectivity index (χ4v) is 4.16. The quantitative estimate of drug-likeness (QED) is 0.707. The topological polar surface area (TPSA) is 9.23 Å². The van der Waals surface area contributed by atoms with Crippen LogP contribution in [0.2, 0.25) is 0 Å². The molecule has 2 heteroatoms. The van der Waals surface area contributed by atoms with Crippen molar-refractivity contribution in [1.29, 1.82) is 0 Å². The number of halogens is 1. The van der Waals surface area contributed by atoms with Gasteiger partial charge in [-0.3, -0.25) is 0 Å². The first kappa shape index (κ1) is 12.5. The molecule has 0 aromatic heterocycles. The Morgan fingerprint density at radius 3 is 2.45 bits per heavy atom. The lowest BCUT2D eigenvalue weighted by Crippen LogP contribution is -2.05. The first-order chi connectivity index (χ1) is 9.74. The average molecular weight is 287 g/mol. The Balaban J connectivity index is 1.63. The number of alkyl halides is 1. The first-order valence-electron chi connectivity index (χ1n) is 7.46. The molecule has 104 valence electrons. The van der Waals surface area contributed by atoms with E-state index < -0.39 is 0 Å². The van der Waals surface area contributed by atoms with Gasteiger partial charge in [-0.25, -0.2) is 0 Å². The van der Waals surface area contributed by atoms with E-state index in [2.05, 4.69) is 30.3 Å². The molecule has 2 saturated carbocycles. The van der Waals surface area contributed by atoms with Crippen LogP contribution in [0.25, 0.3) is 10.8 Å². The average Bonchev–Trinajstić information content (AvgIpc) is 3.11. The molecule has 0 saturated heterocycles. The Bertz CT molecular complexity index is 641. The molecule has 0 spiro atoms. The molecule has 0 bridgehead atoms. The van der Waals surface area contributed by atoms with Crippen molar-refractivity contribution in [2.24, 2.45) is 17.8 Å². The molecule has 0 heterocycles. The molecule has 4 rings (SSSR count). The Labute approximate surface area is 124 Å². The highest BCUT2D eigenvalue weighted by Gasteiger charge is 2.47. The van der Waals surface area contributed by atoms with Crippen molar-refractivity contribution in [2.75, 3.05) is 7.11 Å². The molecule has 2 fully saturated rings. The van der Waals surface area contributed by atoms with E-state index >= 15 is 0 Å². The number of ether oxygens (including phenoxy) is 1. The van der Waals surface area contributed by atoms with E-state index in [9.17, 15) is 0 Å². The molecule has 0 N–H and O–H groups in total. The minimum atomic E-state index is 0.175. The van der Waals surface area contributed by atoms with Gasteiger partial charge in [-0.05, 0) is 71.6 Å². The van der Waals surface area contributed by atoms with Crippen molar-refractivity contribution in [3.05, 3.63) is 42.0 Å². The van der Waals surface area contributed by atoms with Crippen molar-refractivity contribution < 1.29 is 4.74 Å². The van der Waals surface area contributed by atoms with Crippen LogP contribution < -0.4 is 4.74 Å². The third-order valence-corrected chi connectivity index (χ3v) is 5.69. The molecule has 0 amide bonds. The van der Waals surface area contributed by atoms with Gasteiger partial charge in [0.2, 0.25) is 0 Å². The van der Waals surface area contributed by atoms with E-state index in [-0.39, 0.29) is 5.38 Å². The summed E-state index contributed by atoms with van der Waals surface area (Å²) in [6, 6.07) is 12.8. The molecule has 2 aliphatic carbocycles. The normalized spacial score (nSPS) is 29.2. The van der Waals surface area contributed by atoms with E-state index in [1.54, 1.807) is 7.11 Å². The summed E-state index contributed by atoms with van der Waals surface area (Å²) in [6.45, 7) is 0. The minimum Gasteiger partial charge on any atom is -0.497 e. The van der Waals surface area contributed by atoms with Crippen LogP contribution in [0.5, 0.6) is 5.75 Å². The summed E-state index contributed by atoms with van der Waals surface area (Å²) >= 11 is 6.73. The van der Waals surface area contributed by atoms with Crippen LogP contribution in [0.3, 0.4) is 0 Å². The Morgan fingerprint density at radius 2 is 1.70 bits per heavy atom. The number of fused-ring (bicyclic) bond motifs is 2.